The van der Waals surface area contributed by atoms with Crippen molar-refractivity contribution < 1.29 is 0 Å². The summed E-state index contributed by atoms with van der Waals surface area (Å²) in [6, 6.07) is 11.0. The highest BCUT2D eigenvalue weighted by Crippen LogP contribution is 2.32. The van der Waals surface area contributed by atoms with Crippen LogP contribution in [0.15, 0.2) is 30.3 Å². The van der Waals surface area contributed by atoms with Crippen LogP contribution in [0.25, 0.3) is 0 Å². The van der Waals surface area contributed by atoms with Gasteiger partial charge in [0, 0.05) is 19.0 Å². The number of benzene rings is 1. The molecule has 88 valence electrons. The van der Waals surface area contributed by atoms with Crippen LogP contribution in [-0.4, -0.2) is 24.5 Å². The number of nitrogens with zero attached hydrogens (tertiary/aromatic N) is 1. The Kier molecular flexibility index (Phi) is 4.00. The molecule has 0 saturated carbocycles. The zero-order valence-electron chi connectivity index (χ0n) is 10.5. The molecule has 0 bridgehead atoms. The SMILES string of the molecule is CCCCN1CC(C)C(c2ccccc2)C1. The first-order valence-corrected chi connectivity index (χ1v) is 6.58. The summed E-state index contributed by atoms with van der Waals surface area (Å²) in [5, 5.41) is 0. The highest BCUT2D eigenvalue weighted by Gasteiger charge is 2.29. The van der Waals surface area contributed by atoms with Gasteiger partial charge >= 0.3 is 0 Å². The average molecular weight is 217 g/mol. The number of unbranched alkanes of at least 4 members (excludes halogenated alkanes) is 1. The molecule has 1 nitrogen and oxygen atoms in total. The quantitative estimate of drug-likeness (QED) is 0.746. The van der Waals surface area contributed by atoms with Crippen LogP contribution in [0.2, 0.25) is 0 Å². The number of hydrogen-bond donors (Lipinski definition) is 0. The molecular weight excluding hydrogens is 194 g/mol. The molecule has 2 atom stereocenters. The lowest BCUT2D eigenvalue weighted by atomic mass is 9.90. The van der Waals surface area contributed by atoms with Gasteiger partial charge in [-0.1, -0.05) is 50.6 Å². The van der Waals surface area contributed by atoms with E-state index in [-0.39, 0.29) is 0 Å². The van der Waals surface area contributed by atoms with Gasteiger partial charge in [0.2, 0.25) is 0 Å². The molecule has 1 aliphatic heterocycles. The molecular formula is C15H23N. The minimum absolute atomic E-state index is 0.748. The third kappa shape index (κ3) is 2.65. The molecule has 1 aliphatic rings. The molecule has 0 amide bonds. The Morgan fingerprint density at radius 1 is 1.19 bits per heavy atom. The van der Waals surface area contributed by atoms with E-state index in [1.165, 1.54) is 38.0 Å². The van der Waals surface area contributed by atoms with Gasteiger partial charge in [0.1, 0.15) is 0 Å². The lowest BCUT2D eigenvalue weighted by molar-refractivity contribution is 0.320. The second kappa shape index (κ2) is 5.49. The molecule has 1 fully saturated rings. The maximum Gasteiger partial charge on any atom is 0.00534 e. The first-order chi connectivity index (χ1) is 7.81. The van der Waals surface area contributed by atoms with Crippen molar-refractivity contribution in [3.05, 3.63) is 35.9 Å². The van der Waals surface area contributed by atoms with E-state index in [4.69, 9.17) is 0 Å². The van der Waals surface area contributed by atoms with E-state index in [2.05, 4.69) is 49.1 Å². The Labute approximate surface area is 99.5 Å². The largest absolute Gasteiger partial charge is 0.302 e. The number of rotatable bonds is 4. The Morgan fingerprint density at radius 3 is 2.62 bits per heavy atom. The van der Waals surface area contributed by atoms with Crippen molar-refractivity contribution in [1.29, 1.82) is 0 Å². The summed E-state index contributed by atoms with van der Waals surface area (Å²) in [4.78, 5) is 2.63. The van der Waals surface area contributed by atoms with Gasteiger partial charge in [0.05, 0.1) is 0 Å². The summed E-state index contributed by atoms with van der Waals surface area (Å²) in [5.41, 5.74) is 1.52. The fraction of sp³-hybridized carbons (Fsp3) is 0.600. The minimum atomic E-state index is 0.748. The minimum Gasteiger partial charge on any atom is -0.302 e. The molecule has 0 spiro atoms. The fourth-order valence-corrected chi connectivity index (χ4v) is 2.77. The molecule has 0 aliphatic carbocycles. The summed E-state index contributed by atoms with van der Waals surface area (Å²) < 4.78 is 0. The molecule has 0 N–H and O–H groups in total. The van der Waals surface area contributed by atoms with E-state index < -0.39 is 0 Å². The first kappa shape index (κ1) is 11.7. The molecule has 0 radical (unpaired) electrons. The van der Waals surface area contributed by atoms with Crippen LogP contribution in [0.4, 0.5) is 0 Å². The number of likely N-dealkylation sites (tertiary alicyclic amines) is 1. The van der Waals surface area contributed by atoms with E-state index in [0.29, 0.717) is 0 Å². The van der Waals surface area contributed by atoms with E-state index in [0.717, 1.165) is 11.8 Å². The van der Waals surface area contributed by atoms with Gasteiger partial charge in [-0.3, -0.25) is 0 Å². The molecule has 1 aromatic carbocycles. The average Bonchev–Trinajstić information content (AvgIpc) is 2.69. The smallest absolute Gasteiger partial charge is 0.00534 e. The topological polar surface area (TPSA) is 3.24 Å². The van der Waals surface area contributed by atoms with Crippen molar-refractivity contribution in [2.75, 3.05) is 19.6 Å². The highest BCUT2D eigenvalue weighted by molar-refractivity contribution is 5.22. The summed E-state index contributed by atoms with van der Waals surface area (Å²) in [6.07, 6.45) is 2.65. The van der Waals surface area contributed by atoms with Crippen LogP contribution >= 0.6 is 0 Å². The second-order valence-electron chi connectivity index (χ2n) is 5.11. The second-order valence-corrected chi connectivity index (χ2v) is 5.11. The van der Waals surface area contributed by atoms with Gasteiger partial charge in [-0.15, -0.1) is 0 Å². The molecule has 2 unspecified atom stereocenters. The lowest BCUT2D eigenvalue weighted by Crippen LogP contribution is -2.21. The lowest BCUT2D eigenvalue weighted by Gasteiger charge is -2.15. The van der Waals surface area contributed by atoms with Crippen molar-refractivity contribution in [2.45, 2.75) is 32.6 Å². The Balaban J connectivity index is 1.97. The molecule has 1 heteroatoms. The van der Waals surface area contributed by atoms with E-state index in [9.17, 15) is 0 Å². The molecule has 1 saturated heterocycles. The highest BCUT2D eigenvalue weighted by atomic mass is 15.1. The van der Waals surface area contributed by atoms with Crippen LogP contribution in [-0.2, 0) is 0 Å². The summed E-state index contributed by atoms with van der Waals surface area (Å²) in [7, 11) is 0. The zero-order chi connectivity index (χ0) is 11.4. The van der Waals surface area contributed by atoms with Gasteiger partial charge in [-0.25, -0.2) is 0 Å². The number of hydrogen-bond acceptors (Lipinski definition) is 1. The predicted octanol–water partition coefficient (Wildman–Crippen LogP) is 3.52. The van der Waals surface area contributed by atoms with Crippen molar-refractivity contribution in [2.24, 2.45) is 5.92 Å². The Hall–Kier alpha value is -0.820. The van der Waals surface area contributed by atoms with Crippen LogP contribution in [0.5, 0.6) is 0 Å². The van der Waals surface area contributed by atoms with E-state index in [1.807, 2.05) is 0 Å². The molecule has 0 aromatic heterocycles. The third-order valence-electron chi connectivity index (χ3n) is 3.74. The summed E-state index contributed by atoms with van der Waals surface area (Å²) in [5.74, 6) is 1.55. The normalized spacial score (nSPS) is 26.1. The summed E-state index contributed by atoms with van der Waals surface area (Å²) >= 11 is 0. The standard InChI is InChI=1S/C15H23N/c1-3-4-10-16-11-13(2)15(12-16)14-8-6-5-7-9-14/h5-9,13,15H,3-4,10-12H2,1-2H3. The van der Waals surface area contributed by atoms with Crippen LogP contribution in [0.1, 0.15) is 38.2 Å². The summed E-state index contributed by atoms with van der Waals surface area (Å²) in [6.45, 7) is 8.48. The maximum absolute atomic E-state index is 2.63. The zero-order valence-corrected chi connectivity index (χ0v) is 10.5. The van der Waals surface area contributed by atoms with E-state index in [1.54, 1.807) is 0 Å². The maximum atomic E-state index is 2.63. The van der Waals surface area contributed by atoms with Crippen LogP contribution in [0, 0.1) is 5.92 Å². The Bertz CT molecular complexity index is 306. The molecule has 2 rings (SSSR count). The molecule has 16 heavy (non-hydrogen) atoms. The van der Waals surface area contributed by atoms with Crippen molar-refractivity contribution in [3.63, 3.8) is 0 Å². The van der Waals surface area contributed by atoms with Crippen molar-refractivity contribution in [3.8, 4) is 0 Å². The van der Waals surface area contributed by atoms with Crippen LogP contribution in [0.3, 0.4) is 0 Å². The molecule has 1 heterocycles. The Morgan fingerprint density at radius 2 is 1.94 bits per heavy atom. The van der Waals surface area contributed by atoms with Crippen molar-refractivity contribution >= 4 is 0 Å². The van der Waals surface area contributed by atoms with Gasteiger partial charge in [0.25, 0.3) is 0 Å². The van der Waals surface area contributed by atoms with Crippen molar-refractivity contribution in [1.82, 2.24) is 4.90 Å². The third-order valence-corrected chi connectivity index (χ3v) is 3.74. The van der Waals surface area contributed by atoms with Gasteiger partial charge < -0.3 is 4.90 Å². The van der Waals surface area contributed by atoms with Crippen LogP contribution < -0.4 is 0 Å². The monoisotopic (exact) mass is 217 g/mol. The first-order valence-electron chi connectivity index (χ1n) is 6.58. The molecule has 1 aromatic rings. The fourth-order valence-electron chi connectivity index (χ4n) is 2.77. The van der Waals surface area contributed by atoms with E-state index >= 15 is 0 Å². The van der Waals surface area contributed by atoms with Gasteiger partial charge in [-0.2, -0.15) is 0 Å². The van der Waals surface area contributed by atoms with Gasteiger partial charge in [0.15, 0.2) is 0 Å². The predicted molar refractivity (Wildman–Crippen MR) is 69.7 cm³/mol. The van der Waals surface area contributed by atoms with Gasteiger partial charge in [-0.05, 0) is 24.4 Å².